The molecule has 19 heavy (non-hydrogen) atoms. The molecule has 2 fully saturated rings. The SMILES string of the molecule is COC(=O)[C@H]1[C@@H](c2ccc(F)cc2)CC2CC[C@H]1O2. The van der Waals surface area contributed by atoms with Gasteiger partial charge in [0, 0.05) is 5.92 Å². The van der Waals surface area contributed by atoms with Gasteiger partial charge >= 0.3 is 5.97 Å². The van der Waals surface area contributed by atoms with E-state index in [9.17, 15) is 9.18 Å². The van der Waals surface area contributed by atoms with Crippen LogP contribution in [-0.4, -0.2) is 25.3 Å². The molecule has 0 amide bonds. The molecule has 0 spiro atoms. The number of esters is 1. The summed E-state index contributed by atoms with van der Waals surface area (Å²) in [6.45, 7) is 0. The summed E-state index contributed by atoms with van der Waals surface area (Å²) in [5, 5.41) is 0. The highest BCUT2D eigenvalue weighted by Gasteiger charge is 2.47. The van der Waals surface area contributed by atoms with Crippen LogP contribution in [0.3, 0.4) is 0 Å². The van der Waals surface area contributed by atoms with Gasteiger partial charge in [-0.3, -0.25) is 4.79 Å². The Labute approximate surface area is 111 Å². The maximum atomic E-state index is 13.0. The van der Waals surface area contributed by atoms with Crippen molar-refractivity contribution in [3.63, 3.8) is 0 Å². The van der Waals surface area contributed by atoms with Crippen LogP contribution >= 0.6 is 0 Å². The molecule has 0 N–H and O–H groups in total. The maximum absolute atomic E-state index is 13.0. The molecule has 2 bridgehead atoms. The zero-order chi connectivity index (χ0) is 13.4. The molecule has 3 nitrogen and oxygen atoms in total. The van der Waals surface area contributed by atoms with E-state index in [0.29, 0.717) is 0 Å². The van der Waals surface area contributed by atoms with E-state index in [-0.39, 0.29) is 35.8 Å². The minimum absolute atomic E-state index is 0.0544. The molecule has 4 heteroatoms. The van der Waals surface area contributed by atoms with Gasteiger partial charge in [-0.15, -0.1) is 0 Å². The van der Waals surface area contributed by atoms with Gasteiger partial charge in [0.05, 0.1) is 25.2 Å². The van der Waals surface area contributed by atoms with Crippen LogP contribution in [0, 0.1) is 11.7 Å². The van der Waals surface area contributed by atoms with Crippen LogP contribution in [0.25, 0.3) is 0 Å². The summed E-state index contributed by atoms with van der Waals surface area (Å²) in [4.78, 5) is 12.0. The molecular formula is C15H17FO3. The van der Waals surface area contributed by atoms with Crippen LogP contribution in [0.5, 0.6) is 0 Å². The highest BCUT2D eigenvalue weighted by Crippen LogP contribution is 2.45. The molecule has 3 rings (SSSR count). The zero-order valence-corrected chi connectivity index (χ0v) is 10.8. The third kappa shape index (κ3) is 2.25. The fourth-order valence-corrected chi connectivity index (χ4v) is 3.37. The monoisotopic (exact) mass is 264 g/mol. The van der Waals surface area contributed by atoms with Crippen LogP contribution in [0.2, 0.25) is 0 Å². The molecule has 2 saturated heterocycles. The Morgan fingerprint density at radius 1 is 1.32 bits per heavy atom. The second kappa shape index (κ2) is 4.93. The molecule has 0 saturated carbocycles. The number of ether oxygens (including phenoxy) is 2. The van der Waals surface area contributed by atoms with Gasteiger partial charge in [0.25, 0.3) is 0 Å². The smallest absolute Gasteiger partial charge is 0.311 e. The average molecular weight is 264 g/mol. The van der Waals surface area contributed by atoms with E-state index in [1.54, 1.807) is 12.1 Å². The number of carbonyl (C=O) groups is 1. The molecule has 0 radical (unpaired) electrons. The van der Waals surface area contributed by atoms with Gasteiger partial charge in [-0.1, -0.05) is 12.1 Å². The van der Waals surface area contributed by atoms with Crippen LogP contribution in [0.15, 0.2) is 24.3 Å². The predicted molar refractivity (Wildman–Crippen MR) is 67.2 cm³/mol. The number of hydrogen-bond acceptors (Lipinski definition) is 3. The lowest BCUT2D eigenvalue weighted by molar-refractivity contribution is -0.156. The lowest BCUT2D eigenvalue weighted by atomic mass is 9.79. The molecule has 2 aliphatic heterocycles. The highest BCUT2D eigenvalue weighted by molar-refractivity contribution is 5.74. The third-order valence-electron chi connectivity index (χ3n) is 4.26. The summed E-state index contributed by atoms with van der Waals surface area (Å²) in [5.74, 6) is -0.679. The molecule has 102 valence electrons. The van der Waals surface area contributed by atoms with Crippen molar-refractivity contribution in [1.29, 1.82) is 0 Å². The van der Waals surface area contributed by atoms with Gasteiger partial charge < -0.3 is 9.47 Å². The van der Waals surface area contributed by atoms with E-state index in [1.165, 1.54) is 19.2 Å². The molecule has 2 aliphatic rings. The predicted octanol–water partition coefficient (Wildman–Crippen LogP) is 2.65. The molecule has 4 atom stereocenters. The second-order valence-electron chi connectivity index (χ2n) is 5.32. The second-order valence-corrected chi connectivity index (χ2v) is 5.32. The van der Waals surface area contributed by atoms with Crippen LogP contribution < -0.4 is 0 Å². The molecule has 0 aliphatic carbocycles. The number of benzene rings is 1. The Kier molecular flexibility index (Phi) is 3.27. The number of hydrogen-bond donors (Lipinski definition) is 0. The zero-order valence-electron chi connectivity index (χ0n) is 10.8. The van der Waals surface area contributed by atoms with Gasteiger partial charge in [0.1, 0.15) is 5.82 Å². The molecule has 1 unspecified atom stereocenters. The summed E-state index contributed by atoms with van der Waals surface area (Å²) in [7, 11) is 1.41. The Morgan fingerprint density at radius 2 is 2.05 bits per heavy atom. The van der Waals surface area contributed by atoms with Crippen molar-refractivity contribution in [2.75, 3.05) is 7.11 Å². The van der Waals surface area contributed by atoms with Gasteiger partial charge in [-0.05, 0) is 37.0 Å². The van der Waals surface area contributed by atoms with Crippen LogP contribution in [-0.2, 0) is 14.3 Å². The Morgan fingerprint density at radius 3 is 2.74 bits per heavy atom. The Bertz CT molecular complexity index is 471. The van der Waals surface area contributed by atoms with E-state index >= 15 is 0 Å². The summed E-state index contributed by atoms with van der Waals surface area (Å²) in [6.07, 6.45) is 2.88. The van der Waals surface area contributed by atoms with Crippen molar-refractivity contribution in [2.45, 2.75) is 37.4 Å². The van der Waals surface area contributed by atoms with E-state index in [1.807, 2.05) is 0 Å². The van der Waals surface area contributed by atoms with Crippen molar-refractivity contribution in [1.82, 2.24) is 0 Å². The van der Waals surface area contributed by atoms with Gasteiger partial charge in [-0.2, -0.15) is 0 Å². The van der Waals surface area contributed by atoms with E-state index in [2.05, 4.69) is 0 Å². The average Bonchev–Trinajstić information content (AvgIpc) is 2.80. The van der Waals surface area contributed by atoms with Crippen LogP contribution in [0.1, 0.15) is 30.7 Å². The molecular weight excluding hydrogens is 247 g/mol. The lowest BCUT2D eigenvalue weighted by Crippen LogP contribution is -2.39. The summed E-state index contributed by atoms with van der Waals surface area (Å²) in [5.41, 5.74) is 0.997. The van der Waals surface area contributed by atoms with Crippen molar-refractivity contribution in [2.24, 2.45) is 5.92 Å². The summed E-state index contributed by atoms with van der Waals surface area (Å²) < 4.78 is 23.8. The first-order chi connectivity index (χ1) is 9.19. The van der Waals surface area contributed by atoms with Crippen molar-refractivity contribution >= 4 is 5.97 Å². The number of carbonyl (C=O) groups excluding carboxylic acids is 1. The van der Waals surface area contributed by atoms with Crippen molar-refractivity contribution in [3.05, 3.63) is 35.6 Å². The first kappa shape index (κ1) is 12.6. The maximum Gasteiger partial charge on any atom is 0.311 e. The fraction of sp³-hybridized carbons (Fsp3) is 0.533. The number of halogens is 1. The number of rotatable bonds is 2. The van der Waals surface area contributed by atoms with E-state index in [4.69, 9.17) is 9.47 Å². The standard InChI is InChI=1S/C15H17FO3/c1-18-15(17)14-12(8-11-6-7-13(14)19-11)9-2-4-10(16)5-3-9/h2-5,11-14H,6-8H2,1H3/t11?,12-,13-,14+/m1/s1. The van der Waals surface area contributed by atoms with Crippen molar-refractivity contribution < 1.29 is 18.7 Å². The van der Waals surface area contributed by atoms with Crippen LogP contribution in [0.4, 0.5) is 4.39 Å². The number of methoxy groups -OCH3 is 1. The van der Waals surface area contributed by atoms with Crippen molar-refractivity contribution in [3.8, 4) is 0 Å². The minimum Gasteiger partial charge on any atom is -0.469 e. The first-order valence-electron chi connectivity index (χ1n) is 6.68. The lowest BCUT2D eigenvalue weighted by Gasteiger charge is -2.35. The Hall–Kier alpha value is -1.42. The highest BCUT2D eigenvalue weighted by atomic mass is 19.1. The Balaban J connectivity index is 1.92. The summed E-state index contributed by atoms with van der Waals surface area (Å²) in [6, 6.07) is 6.42. The first-order valence-corrected chi connectivity index (χ1v) is 6.68. The van der Waals surface area contributed by atoms with Gasteiger partial charge in [0.2, 0.25) is 0 Å². The number of fused-ring (bicyclic) bond motifs is 2. The quantitative estimate of drug-likeness (QED) is 0.770. The third-order valence-corrected chi connectivity index (χ3v) is 4.26. The minimum atomic E-state index is -0.269. The molecule has 1 aromatic carbocycles. The molecule has 1 aromatic rings. The normalized spacial score (nSPS) is 33.2. The van der Waals surface area contributed by atoms with Gasteiger partial charge in [-0.25, -0.2) is 4.39 Å². The topological polar surface area (TPSA) is 35.5 Å². The summed E-state index contributed by atoms with van der Waals surface area (Å²) >= 11 is 0. The fourth-order valence-electron chi connectivity index (χ4n) is 3.37. The van der Waals surface area contributed by atoms with E-state index in [0.717, 1.165) is 24.8 Å². The van der Waals surface area contributed by atoms with E-state index < -0.39 is 0 Å². The van der Waals surface area contributed by atoms with Gasteiger partial charge in [0.15, 0.2) is 0 Å². The molecule has 0 aromatic heterocycles. The largest absolute Gasteiger partial charge is 0.469 e. The molecule has 2 heterocycles.